The molecule has 136 valence electrons. The van der Waals surface area contributed by atoms with E-state index < -0.39 is 12.1 Å². The number of hydrogen-bond acceptors (Lipinski definition) is 5. The van der Waals surface area contributed by atoms with Gasteiger partial charge in [0.1, 0.15) is 0 Å². The molecule has 1 fully saturated rings. The topological polar surface area (TPSA) is 73.9 Å². The third-order valence-corrected chi connectivity index (χ3v) is 4.09. The molecule has 0 aliphatic heterocycles. The highest BCUT2D eigenvalue weighted by molar-refractivity contribution is 5.90. The van der Waals surface area contributed by atoms with Crippen molar-refractivity contribution in [2.45, 2.75) is 25.0 Å². The molecule has 1 aliphatic carbocycles. The summed E-state index contributed by atoms with van der Waals surface area (Å²) in [7, 11) is 2.79. The number of carbonyl (C=O) groups is 2. The van der Waals surface area contributed by atoms with Crippen molar-refractivity contribution in [2.75, 3.05) is 14.2 Å². The third kappa shape index (κ3) is 4.14. The van der Waals surface area contributed by atoms with Crippen molar-refractivity contribution in [1.29, 1.82) is 0 Å². The zero-order valence-corrected chi connectivity index (χ0v) is 14.7. The van der Waals surface area contributed by atoms with Crippen molar-refractivity contribution in [3.05, 3.63) is 59.7 Å². The van der Waals surface area contributed by atoms with Gasteiger partial charge in [0.25, 0.3) is 5.91 Å². The van der Waals surface area contributed by atoms with Crippen molar-refractivity contribution in [1.82, 2.24) is 5.32 Å². The van der Waals surface area contributed by atoms with E-state index in [-0.39, 0.29) is 11.9 Å². The van der Waals surface area contributed by atoms with Gasteiger partial charge in [0.2, 0.25) is 6.10 Å². The van der Waals surface area contributed by atoms with Crippen LogP contribution in [-0.2, 0) is 9.53 Å². The van der Waals surface area contributed by atoms with Crippen LogP contribution in [0.1, 0.15) is 34.9 Å². The molecule has 26 heavy (non-hydrogen) atoms. The molecular formula is C20H21NO5. The normalized spacial score (nSPS) is 14.2. The van der Waals surface area contributed by atoms with Gasteiger partial charge >= 0.3 is 5.97 Å². The van der Waals surface area contributed by atoms with Crippen LogP contribution in [0.3, 0.4) is 0 Å². The molecule has 2 aromatic rings. The lowest BCUT2D eigenvalue weighted by Crippen LogP contribution is -2.33. The first kappa shape index (κ1) is 17.8. The largest absolute Gasteiger partial charge is 0.493 e. The molecule has 0 aromatic heterocycles. The summed E-state index contributed by atoms with van der Waals surface area (Å²) in [6.07, 6.45) is 1.17. The summed E-state index contributed by atoms with van der Waals surface area (Å²) in [5, 5.41) is 2.97. The fourth-order valence-corrected chi connectivity index (χ4v) is 2.54. The van der Waals surface area contributed by atoms with Crippen LogP contribution in [0.15, 0.2) is 48.5 Å². The Morgan fingerprint density at radius 2 is 1.77 bits per heavy atom. The van der Waals surface area contributed by atoms with Crippen LogP contribution in [0.5, 0.6) is 11.5 Å². The predicted molar refractivity (Wildman–Crippen MR) is 95.3 cm³/mol. The second-order valence-electron chi connectivity index (χ2n) is 6.05. The van der Waals surface area contributed by atoms with Crippen molar-refractivity contribution in [3.8, 4) is 11.5 Å². The Hall–Kier alpha value is -3.02. The first-order valence-corrected chi connectivity index (χ1v) is 8.40. The van der Waals surface area contributed by atoms with E-state index in [1.807, 2.05) is 30.3 Å². The first-order chi connectivity index (χ1) is 12.6. The summed E-state index contributed by atoms with van der Waals surface area (Å²) < 4.78 is 16.0. The smallest absolute Gasteiger partial charge is 0.337 e. The van der Waals surface area contributed by atoms with Crippen LogP contribution in [0.2, 0.25) is 0 Å². The molecule has 0 unspecified atom stereocenters. The number of esters is 1. The van der Waals surface area contributed by atoms with E-state index in [9.17, 15) is 9.59 Å². The second-order valence-corrected chi connectivity index (χ2v) is 6.05. The van der Waals surface area contributed by atoms with E-state index in [1.165, 1.54) is 20.3 Å². The minimum Gasteiger partial charge on any atom is -0.493 e. The van der Waals surface area contributed by atoms with Gasteiger partial charge in [0, 0.05) is 11.6 Å². The van der Waals surface area contributed by atoms with E-state index in [0.29, 0.717) is 17.1 Å². The Bertz CT molecular complexity index is 786. The standard InChI is InChI=1S/C20H21NO5/c1-24-17-12-14(20(23)25-2)8-11-16(17)26-18(13-6-4-3-5-7-13)19(22)21-15-9-10-15/h3-8,11-12,15,18H,9-10H2,1-2H3,(H,21,22)/t18-/m1/s1. The van der Waals surface area contributed by atoms with E-state index in [0.717, 1.165) is 18.4 Å². The Morgan fingerprint density at radius 1 is 1.04 bits per heavy atom. The minimum absolute atomic E-state index is 0.196. The van der Waals surface area contributed by atoms with Crippen LogP contribution in [-0.4, -0.2) is 32.1 Å². The van der Waals surface area contributed by atoms with Crippen LogP contribution < -0.4 is 14.8 Å². The summed E-state index contributed by atoms with van der Waals surface area (Å²) in [6.45, 7) is 0. The van der Waals surface area contributed by atoms with Crippen molar-refractivity contribution >= 4 is 11.9 Å². The highest BCUT2D eigenvalue weighted by atomic mass is 16.5. The molecule has 1 aliphatic rings. The molecule has 0 spiro atoms. The predicted octanol–water partition coefficient (Wildman–Crippen LogP) is 2.88. The van der Waals surface area contributed by atoms with Crippen LogP contribution in [0.4, 0.5) is 0 Å². The van der Waals surface area contributed by atoms with Crippen LogP contribution in [0.25, 0.3) is 0 Å². The van der Waals surface area contributed by atoms with Gasteiger partial charge in [0.15, 0.2) is 11.5 Å². The van der Waals surface area contributed by atoms with Gasteiger partial charge in [-0.3, -0.25) is 4.79 Å². The lowest BCUT2D eigenvalue weighted by Gasteiger charge is -2.20. The summed E-state index contributed by atoms with van der Waals surface area (Å²) in [4.78, 5) is 24.4. The molecule has 0 saturated heterocycles. The molecule has 3 rings (SSSR count). The number of carbonyl (C=O) groups excluding carboxylic acids is 2. The van der Waals surface area contributed by atoms with Gasteiger partial charge in [-0.25, -0.2) is 4.79 Å². The number of hydrogen-bond donors (Lipinski definition) is 1. The molecule has 1 saturated carbocycles. The Morgan fingerprint density at radius 3 is 2.38 bits per heavy atom. The van der Waals surface area contributed by atoms with E-state index in [1.54, 1.807) is 12.1 Å². The Balaban J connectivity index is 1.88. The highest BCUT2D eigenvalue weighted by Gasteiger charge is 2.30. The molecule has 0 bridgehead atoms. The molecule has 6 nitrogen and oxygen atoms in total. The summed E-state index contributed by atoms with van der Waals surface area (Å²) in [6, 6.07) is 14.2. The number of amides is 1. The summed E-state index contributed by atoms with van der Waals surface area (Å²) >= 11 is 0. The van der Waals surface area contributed by atoms with Crippen LogP contribution in [0, 0.1) is 0 Å². The number of rotatable bonds is 7. The summed E-state index contributed by atoms with van der Waals surface area (Å²) in [5.74, 6) is 0.0618. The average Bonchev–Trinajstić information content (AvgIpc) is 3.49. The van der Waals surface area contributed by atoms with Gasteiger partial charge in [-0.15, -0.1) is 0 Å². The van der Waals surface area contributed by atoms with E-state index >= 15 is 0 Å². The van der Waals surface area contributed by atoms with Gasteiger partial charge in [-0.05, 0) is 31.0 Å². The van der Waals surface area contributed by atoms with Gasteiger partial charge in [0.05, 0.1) is 19.8 Å². The maximum Gasteiger partial charge on any atom is 0.337 e. The zero-order chi connectivity index (χ0) is 18.5. The molecule has 1 N–H and O–H groups in total. The van der Waals surface area contributed by atoms with E-state index in [2.05, 4.69) is 5.32 Å². The molecule has 0 radical (unpaired) electrons. The maximum absolute atomic E-state index is 12.7. The molecule has 1 amide bonds. The number of ether oxygens (including phenoxy) is 3. The molecule has 1 atom stereocenters. The van der Waals surface area contributed by atoms with Gasteiger partial charge in [-0.1, -0.05) is 30.3 Å². The Labute approximate surface area is 152 Å². The average molecular weight is 355 g/mol. The number of methoxy groups -OCH3 is 2. The second kappa shape index (κ2) is 7.91. The van der Waals surface area contributed by atoms with Crippen LogP contribution >= 0.6 is 0 Å². The van der Waals surface area contributed by atoms with E-state index in [4.69, 9.17) is 14.2 Å². The number of nitrogens with one attached hydrogen (secondary N) is 1. The van der Waals surface area contributed by atoms with Gasteiger partial charge in [-0.2, -0.15) is 0 Å². The quantitative estimate of drug-likeness (QED) is 0.773. The van der Waals surface area contributed by atoms with Crippen molar-refractivity contribution in [2.24, 2.45) is 0 Å². The SMILES string of the molecule is COC(=O)c1ccc(O[C@@H](C(=O)NC2CC2)c2ccccc2)c(OC)c1. The fourth-order valence-electron chi connectivity index (χ4n) is 2.54. The Kier molecular flexibility index (Phi) is 5.41. The molecular weight excluding hydrogens is 334 g/mol. The first-order valence-electron chi connectivity index (χ1n) is 8.40. The maximum atomic E-state index is 12.7. The monoisotopic (exact) mass is 355 g/mol. The van der Waals surface area contributed by atoms with Crippen molar-refractivity contribution in [3.63, 3.8) is 0 Å². The minimum atomic E-state index is -0.810. The summed E-state index contributed by atoms with van der Waals surface area (Å²) in [5.41, 5.74) is 1.08. The fraction of sp³-hybridized carbons (Fsp3) is 0.300. The molecule has 0 heterocycles. The highest BCUT2D eigenvalue weighted by Crippen LogP contribution is 2.33. The number of benzene rings is 2. The third-order valence-electron chi connectivity index (χ3n) is 4.09. The lowest BCUT2D eigenvalue weighted by atomic mass is 10.1. The molecule has 6 heteroatoms. The zero-order valence-electron chi connectivity index (χ0n) is 14.7. The molecule has 2 aromatic carbocycles. The lowest BCUT2D eigenvalue weighted by molar-refractivity contribution is -0.128. The van der Waals surface area contributed by atoms with Gasteiger partial charge < -0.3 is 19.5 Å². The van der Waals surface area contributed by atoms with Crippen molar-refractivity contribution < 1.29 is 23.8 Å².